The van der Waals surface area contributed by atoms with Crippen LogP contribution in [0.5, 0.6) is 0 Å². The van der Waals surface area contributed by atoms with Crippen molar-refractivity contribution < 1.29 is 8.42 Å². The third-order valence-electron chi connectivity index (χ3n) is 2.88. The second kappa shape index (κ2) is 6.34. The average Bonchev–Trinajstić information content (AvgIpc) is 2.39. The van der Waals surface area contributed by atoms with Crippen molar-refractivity contribution in [1.82, 2.24) is 0 Å². The van der Waals surface area contributed by atoms with E-state index in [2.05, 4.69) is 25.5 Å². The Labute approximate surface area is 137 Å². The number of rotatable bonds is 4. The lowest BCUT2D eigenvalue weighted by Gasteiger charge is -2.20. The van der Waals surface area contributed by atoms with E-state index in [1.54, 1.807) is 42.1 Å². The first kappa shape index (κ1) is 16.9. The van der Waals surface area contributed by atoms with Crippen LogP contribution >= 0.6 is 11.8 Å². The summed E-state index contributed by atoms with van der Waals surface area (Å²) in [6.07, 6.45) is 0. The second-order valence-corrected chi connectivity index (χ2v) is 9.68. The monoisotopic (exact) mass is 335 g/mol. The topological polar surface area (TPSA) is 46.2 Å². The standard InChI is InChI=1S/C17H21NO2S2/c1-13-9-11-14(12-10-13)22(19,20)18-15-7-5-6-8-16(15)21-17(2,3)4/h5-12,18H,1-4H3. The molecule has 2 aromatic rings. The van der Waals surface area contributed by atoms with Crippen LogP contribution in [-0.4, -0.2) is 13.2 Å². The van der Waals surface area contributed by atoms with Crippen LogP contribution in [0.15, 0.2) is 58.3 Å². The van der Waals surface area contributed by atoms with E-state index in [1.807, 2.05) is 25.1 Å². The number of sulfonamides is 1. The Morgan fingerprint density at radius 1 is 0.955 bits per heavy atom. The highest BCUT2D eigenvalue weighted by Gasteiger charge is 2.19. The highest BCUT2D eigenvalue weighted by atomic mass is 32.2. The maximum atomic E-state index is 12.5. The zero-order chi connectivity index (χ0) is 16.4. The van der Waals surface area contributed by atoms with E-state index in [4.69, 9.17) is 0 Å². The molecule has 0 heterocycles. The Hall–Kier alpha value is -1.46. The van der Waals surface area contributed by atoms with E-state index in [1.165, 1.54) is 0 Å². The van der Waals surface area contributed by atoms with Gasteiger partial charge in [0.2, 0.25) is 0 Å². The molecule has 0 aliphatic rings. The molecule has 2 aromatic carbocycles. The van der Waals surface area contributed by atoms with Crippen LogP contribution in [0.3, 0.4) is 0 Å². The quantitative estimate of drug-likeness (QED) is 0.825. The second-order valence-electron chi connectivity index (χ2n) is 6.13. The van der Waals surface area contributed by atoms with Crippen molar-refractivity contribution in [1.29, 1.82) is 0 Å². The van der Waals surface area contributed by atoms with Gasteiger partial charge in [-0.25, -0.2) is 8.42 Å². The van der Waals surface area contributed by atoms with Crippen molar-refractivity contribution >= 4 is 27.5 Å². The van der Waals surface area contributed by atoms with Gasteiger partial charge in [0.25, 0.3) is 10.0 Å². The largest absolute Gasteiger partial charge is 0.278 e. The molecule has 5 heteroatoms. The highest BCUT2D eigenvalue weighted by Crippen LogP contribution is 2.37. The minimum atomic E-state index is -3.57. The van der Waals surface area contributed by atoms with Gasteiger partial charge in [-0.2, -0.15) is 0 Å². The Bertz CT molecular complexity index is 745. The summed E-state index contributed by atoms with van der Waals surface area (Å²) in [5.41, 5.74) is 1.64. The molecule has 1 N–H and O–H groups in total. The molecule has 118 valence electrons. The smallest absolute Gasteiger partial charge is 0.261 e. The lowest BCUT2D eigenvalue weighted by atomic mass is 10.2. The Morgan fingerprint density at radius 3 is 2.14 bits per heavy atom. The Morgan fingerprint density at radius 2 is 1.55 bits per heavy atom. The van der Waals surface area contributed by atoms with Gasteiger partial charge in [-0.05, 0) is 31.2 Å². The van der Waals surface area contributed by atoms with Gasteiger partial charge in [-0.3, -0.25) is 4.72 Å². The number of thioether (sulfide) groups is 1. The molecule has 0 amide bonds. The summed E-state index contributed by atoms with van der Waals surface area (Å²) >= 11 is 1.64. The molecule has 0 saturated heterocycles. The van der Waals surface area contributed by atoms with E-state index < -0.39 is 10.0 Å². The lowest BCUT2D eigenvalue weighted by Crippen LogP contribution is -2.14. The van der Waals surface area contributed by atoms with Crippen molar-refractivity contribution in [2.24, 2.45) is 0 Å². The fourth-order valence-corrected chi connectivity index (χ4v) is 4.07. The van der Waals surface area contributed by atoms with Gasteiger partial charge >= 0.3 is 0 Å². The summed E-state index contributed by atoms with van der Waals surface area (Å²) in [5, 5.41) is 0. The van der Waals surface area contributed by atoms with Gasteiger partial charge in [0.05, 0.1) is 10.6 Å². The third-order valence-corrected chi connectivity index (χ3v) is 5.45. The maximum absolute atomic E-state index is 12.5. The van der Waals surface area contributed by atoms with Crippen LogP contribution in [0.25, 0.3) is 0 Å². The molecule has 0 aromatic heterocycles. The molecule has 0 bridgehead atoms. The van der Waals surface area contributed by atoms with Gasteiger partial charge in [-0.15, -0.1) is 11.8 Å². The van der Waals surface area contributed by atoms with E-state index in [9.17, 15) is 8.42 Å². The molecule has 0 spiro atoms. The number of aryl methyl sites for hydroxylation is 1. The molecule has 0 saturated carbocycles. The van der Waals surface area contributed by atoms with Crippen LogP contribution in [0.1, 0.15) is 26.3 Å². The number of anilines is 1. The van der Waals surface area contributed by atoms with Crippen LogP contribution in [0.2, 0.25) is 0 Å². The van der Waals surface area contributed by atoms with Crippen molar-refractivity contribution in [3.05, 3.63) is 54.1 Å². The highest BCUT2D eigenvalue weighted by molar-refractivity contribution is 8.00. The van der Waals surface area contributed by atoms with Crippen LogP contribution in [0.4, 0.5) is 5.69 Å². The summed E-state index contributed by atoms with van der Waals surface area (Å²) in [7, 11) is -3.57. The SMILES string of the molecule is Cc1ccc(S(=O)(=O)Nc2ccccc2SC(C)(C)C)cc1. The van der Waals surface area contributed by atoms with E-state index in [-0.39, 0.29) is 9.64 Å². The average molecular weight is 335 g/mol. The molecule has 3 nitrogen and oxygen atoms in total. The Kier molecular flexibility index (Phi) is 4.87. The molecular formula is C17H21NO2S2. The first-order valence-electron chi connectivity index (χ1n) is 7.05. The summed E-state index contributed by atoms with van der Waals surface area (Å²) < 4.78 is 27.7. The van der Waals surface area contributed by atoms with Crippen LogP contribution < -0.4 is 4.72 Å². The van der Waals surface area contributed by atoms with E-state index in [0.717, 1.165) is 10.5 Å². The first-order valence-corrected chi connectivity index (χ1v) is 9.35. The number of para-hydroxylation sites is 1. The maximum Gasteiger partial charge on any atom is 0.261 e. The molecule has 0 unspecified atom stereocenters. The number of hydrogen-bond donors (Lipinski definition) is 1. The van der Waals surface area contributed by atoms with E-state index in [0.29, 0.717) is 5.69 Å². The molecule has 0 radical (unpaired) electrons. The van der Waals surface area contributed by atoms with Crippen molar-refractivity contribution in [3.8, 4) is 0 Å². The normalized spacial score (nSPS) is 12.2. The van der Waals surface area contributed by atoms with Crippen molar-refractivity contribution in [3.63, 3.8) is 0 Å². The molecule has 2 rings (SSSR count). The lowest BCUT2D eigenvalue weighted by molar-refractivity contribution is 0.601. The zero-order valence-corrected chi connectivity index (χ0v) is 14.9. The fraction of sp³-hybridized carbons (Fsp3) is 0.294. The summed E-state index contributed by atoms with van der Waals surface area (Å²) in [6, 6.07) is 14.3. The van der Waals surface area contributed by atoms with Crippen LogP contribution in [0, 0.1) is 6.92 Å². The van der Waals surface area contributed by atoms with Gasteiger partial charge in [0, 0.05) is 9.64 Å². The summed E-state index contributed by atoms with van der Waals surface area (Å²) in [6.45, 7) is 8.23. The fourth-order valence-electron chi connectivity index (χ4n) is 1.89. The predicted octanol–water partition coefficient (Wildman–Crippen LogP) is 4.69. The number of nitrogens with one attached hydrogen (secondary N) is 1. The Balaban J connectivity index is 2.32. The number of benzene rings is 2. The summed E-state index contributed by atoms with van der Waals surface area (Å²) in [5.74, 6) is 0. The minimum absolute atomic E-state index is 0.00536. The predicted molar refractivity (Wildman–Crippen MR) is 94.0 cm³/mol. The molecule has 0 aliphatic carbocycles. The zero-order valence-electron chi connectivity index (χ0n) is 13.3. The molecular weight excluding hydrogens is 314 g/mol. The van der Waals surface area contributed by atoms with Gasteiger partial charge < -0.3 is 0 Å². The first-order chi connectivity index (χ1) is 10.2. The van der Waals surface area contributed by atoms with E-state index >= 15 is 0 Å². The molecule has 0 atom stereocenters. The molecule has 22 heavy (non-hydrogen) atoms. The minimum Gasteiger partial charge on any atom is -0.278 e. The van der Waals surface area contributed by atoms with Crippen molar-refractivity contribution in [2.45, 2.75) is 42.2 Å². The van der Waals surface area contributed by atoms with Crippen LogP contribution in [-0.2, 0) is 10.0 Å². The van der Waals surface area contributed by atoms with Gasteiger partial charge in [-0.1, -0.05) is 50.6 Å². The van der Waals surface area contributed by atoms with Gasteiger partial charge in [0.15, 0.2) is 0 Å². The van der Waals surface area contributed by atoms with Crippen molar-refractivity contribution in [2.75, 3.05) is 4.72 Å². The molecule has 0 fully saturated rings. The molecule has 0 aliphatic heterocycles. The van der Waals surface area contributed by atoms with Gasteiger partial charge in [0.1, 0.15) is 0 Å². The third kappa shape index (κ3) is 4.52. The number of hydrogen-bond acceptors (Lipinski definition) is 3. The summed E-state index contributed by atoms with van der Waals surface area (Å²) in [4.78, 5) is 1.19.